The minimum atomic E-state index is -0.184. The van der Waals surface area contributed by atoms with Crippen molar-refractivity contribution in [3.05, 3.63) is 229 Å². The fourth-order valence-electron chi connectivity index (χ4n) is 7.92. The molecule has 8 aromatic carbocycles. The second kappa shape index (κ2) is 14.5. The zero-order chi connectivity index (χ0) is 37.3. The van der Waals surface area contributed by atoms with Gasteiger partial charge in [0.15, 0.2) is 0 Å². The number of benzene rings is 8. The molecule has 10 rings (SSSR count). The standard InChI is InChI=1S/C53H37N3/c1-6-18-36(19-7-1)42-30-43(37-20-8-2-9-21-37)32-44(31-42)50-35-49(40-26-14-5-15-27-40)55-53(56-50)47-33-41-28-16-17-29-45(41)51-46(38-22-10-3-11-23-38)34-48(54-52(47)51)39-24-12-4-13-25-39/h1-35,50H,(H,55,56). The quantitative estimate of drug-likeness (QED) is 0.167. The molecule has 3 heteroatoms. The molecular formula is C53H37N3. The Morgan fingerprint density at radius 2 is 0.929 bits per heavy atom. The van der Waals surface area contributed by atoms with Crippen molar-refractivity contribution in [3.8, 4) is 44.6 Å². The van der Waals surface area contributed by atoms with Crippen molar-refractivity contribution in [2.24, 2.45) is 4.99 Å². The lowest BCUT2D eigenvalue weighted by molar-refractivity contribution is 0.782. The molecule has 0 bridgehead atoms. The lowest BCUT2D eigenvalue weighted by Crippen LogP contribution is -2.31. The second-order valence-electron chi connectivity index (χ2n) is 14.2. The van der Waals surface area contributed by atoms with Crippen molar-refractivity contribution in [1.82, 2.24) is 10.3 Å². The molecule has 264 valence electrons. The van der Waals surface area contributed by atoms with Gasteiger partial charge in [0.05, 0.1) is 22.9 Å². The van der Waals surface area contributed by atoms with Crippen LogP contribution in [0.4, 0.5) is 0 Å². The molecule has 9 aromatic rings. The molecule has 1 atom stereocenters. The van der Waals surface area contributed by atoms with Gasteiger partial charge in [0.2, 0.25) is 0 Å². The van der Waals surface area contributed by atoms with E-state index in [4.69, 9.17) is 9.98 Å². The van der Waals surface area contributed by atoms with E-state index in [-0.39, 0.29) is 6.04 Å². The Balaban J connectivity index is 1.23. The normalized spacial score (nSPS) is 13.9. The zero-order valence-electron chi connectivity index (χ0n) is 30.7. The van der Waals surface area contributed by atoms with Crippen LogP contribution >= 0.6 is 0 Å². The maximum atomic E-state index is 5.52. The highest BCUT2D eigenvalue weighted by molar-refractivity contribution is 6.22. The smallest absolute Gasteiger partial charge is 0.136 e. The van der Waals surface area contributed by atoms with Gasteiger partial charge in [-0.1, -0.05) is 176 Å². The van der Waals surface area contributed by atoms with Crippen molar-refractivity contribution in [2.45, 2.75) is 6.04 Å². The minimum Gasteiger partial charge on any atom is -0.359 e. The van der Waals surface area contributed by atoms with Gasteiger partial charge in [0.1, 0.15) is 5.84 Å². The summed E-state index contributed by atoms with van der Waals surface area (Å²) in [5.41, 5.74) is 14.0. The van der Waals surface area contributed by atoms with E-state index in [1.54, 1.807) is 0 Å². The SMILES string of the molecule is C1=C(c2ccccc2)N=C(c2cc3ccccc3c3c(-c4ccccc4)cc(-c4ccccc4)nc23)NC1c1cc(-c2ccccc2)cc(-c2ccccc2)c1. The average Bonchev–Trinajstić information content (AvgIpc) is 3.29. The lowest BCUT2D eigenvalue weighted by atomic mass is 9.90. The highest BCUT2D eigenvalue weighted by atomic mass is 15.1. The molecule has 1 unspecified atom stereocenters. The summed E-state index contributed by atoms with van der Waals surface area (Å²) < 4.78 is 0. The molecular weight excluding hydrogens is 679 g/mol. The first-order valence-corrected chi connectivity index (χ1v) is 19.1. The number of fused-ring (bicyclic) bond motifs is 3. The first kappa shape index (κ1) is 33.2. The highest BCUT2D eigenvalue weighted by Crippen LogP contribution is 2.40. The first-order chi connectivity index (χ1) is 27.7. The molecule has 3 nitrogen and oxygen atoms in total. The Hall–Kier alpha value is -7.36. The van der Waals surface area contributed by atoms with E-state index in [2.05, 4.69) is 218 Å². The first-order valence-electron chi connectivity index (χ1n) is 19.1. The van der Waals surface area contributed by atoms with Gasteiger partial charge in [-0.3, -0.25) is 0 Å². The number of rotatable bonds is 7. The Bertz CT molecular complexity index is 2840. The Kier molecular flexibility index (Phi) is 8.58. The Morgan fingerprint density at radius 1 is 0.411 bits per heavy atom. The Labute approximate surface area is 327 Å². The summed E-state index contributed by atoms with van der Waals surface area (Å²) in [6.07, 6.45) is 2.26. The maximum absolute atomic E-state index is 5.52. The van der Waals surface area contributed by atoms with Crippen LogP contribution in [0.25, 0.3) is 72.0 Å². The van der Waals surface area contributed by atoms with Crippen LogP contribution in [-0.4, -0.2) is 10.8 Å². The number of aromatic nitrogens is 1. The van der Waals surface area contributed by atoms with Crippen LogP contribution in [0.3, 0.4) is 0 Å². The summed E-state index contributed by atoms with van der Waals surface area (Å²) in [6.45, 7) is 0. The van der Waals surface area contributed by atoms with Gasteiger partial charge >= 0.3 is 0 Å². The Morgan fingerprint density at radius 3 is 1.54 bits per heavy atom. The van der Waals surface area contributed by atoms with E-state index in [9.17, 15) is 0 Å². The monoisotopic (exact) mass is 715 g/mol. The molecule has 0 amide bonds. The predicted octanol–water partition coefficient (Wildman–Crippen LogP) is 13.2. The molecule has 1 aromatic heterocycles. The summed E-state index contributed by atoms with van der Waals surface area (Å²) in [5.74, 6) is 0.787. The van der Waals surface area contributed by atoms with Gasteiger partial charge in [0, 0.05) is 16.5 Å². The fourth-order valence-corrected chi connectivity index (χ4v) is 7.92. The molecule has 1 aliphatic rings. The molecule has 1 aliphatic heterocycles. The molecule has 0 saturated carbocycles. The minimum absolute atomic E-state index is 0.184. The van der Waals surface area contributed by atoms with Gasteiger partial charge in [-0.15, -0.1) is 0 Å². The van der Waals surface area contributed by atoms with E-state index >= 15 is 0 Å². The zero-order valence-corrected chi connectivity index (χ0v) is 30.7. The molecule has 1 N–H and O–H groups in total. The van der Waals surface area contributed by atoms with Gasteiger partial charge < -0.3 is 5.32 Å². The van der Waals surface area contributed by atoms with Gasteiger partial charge in [-0.2, -0.15) is 0 Å². The molecule has 0 spiro atoms. The van der Waals surface area contributed by atoms with E-state index < -0.39 is 0 Å². The van der Waals surface area contributed by atoms with Crippen LogP contribution in [0.2, 0.25) is 0 Å². The van der Waals surface area contributed by atoms with Crippen molar-refractivity contribution < 1.29 is 0 Å². The third kappa shape index (κ3) is 6.36. The van der Waals surface area contributed by atoms with E-state index in [1.807, 2.05) is 0 Å². The molecule has 0 saturated heterocycles. The van der Waals surface area contributed by atoms with E-state index in [0.717, 1.165) is 72.3 Å². The summed E-state index contributed by atoms with van der Waals surface area (Å²) >= 11 is 0. The summed E-state index contributed by atoms with van der Waals surface area (Å²) in [7, 11) is 0. The van der Waals surface area contributed by atoms with E-state index in [0.29, 0.717) is 0 Å². The van der Waals surface area contributed by atoms with Crippen molar-refractivity contribution >= 4 is 33.2 Å². The number of nitrogens with zero attached hydrogens (tertiary/aromatic N) is 2. The van der Waals surface area contributed by atoms with Crippen LogP contribution in [0, 0.1) is 0 Å². The second-order valence-corrected chi connectivity index (χ2v) is 14.2. The van der Waals surface area contributed by atoms with Crippen LogP contribution in [0.15, 0.2) is 217 Å². The number of hydrogen-bond acceptors (Lipinski definition) is 3. The molecule has 0 aliphatic carbocycles. The third-order valence-corrected chi connectivity index (χ3v) is 10.7. The number of hydrogen-bond donors (Lipinski definition) is 1. The van der Waals surface area contributed by atoms with Crippen molar-refractivity contribution in [2.75, 3.05) is 0 Å². The van der Waals surface area contributed by atoms with Gasteiger partial charge in [0.25, 0.3) is 0 Å². The maximum Gasteiger partial charge on any atom is 0.136 e. The van der Waals surface area contributed by atoms with Crippen LogP contribution in [0.5, 0.6) is 0 Å². The summed E-state index contributed by atoms with van der Waals surface area (Å²) in [6, 6.07) is 72.8. The van der Waals surface area contributed by atoms with Crippen LogP contribution in [-0.2, 0) is 0 Å². The van der Waals surface area contributed by atoms with Crippen LogP contribution < -0.4 is 5.32 Å². The summed E-state index contributed by atoms with van der Waals surface area (Å²) in [5, 5.41) is 7.36. The van der Waals surface area contributed by atoms with Crippen molar-refractivity contribution in [3.63, 3.8) is 0 Å². The lowest BCUT2D eigenvalue weighted by Gasteiger charge is -2.26. The predicted molar refractivity (Wildman–Crippen MR) is 234 cm³/mol. The number of aliphatic imine (C=N–C) groups is 1. The number of nitrogens with one attached hydrogen (secondary N) is 1. The van der Waals surface area contributed by atoms with E-state index in [1.165, 1.54) is 22.3 Å². The summed E-state index contributed by atoms with van der Waals surface area (Å²) in [4.78, 5) is 11.0. The van der Waals surface area contributed by atoms with Crippen LogP contribution in [0.1, 0.15) is 22.7 Å². The fraction of sp³-hybridized carbons (Fsp3) is 0.0189. The van der Waals surface area contributed by atoms with Gasteiger partial charge in [-0.25, -0.2) is 9.98 Å². The molecule has 56 heavy (non-hydrogen) atoms. The average molecular weight is 716 g/mol. The number of pyridine rings is 1. The highest BCUT2D eigenvalue weighted by Gasteiger charge is 2.25. The van der Waals surface area contributed by atoms with Gasteiger partial charge in [-0.05, 0) is 91.7 Å². The number of amidine groups is 1. The molecule has 0 fully saturated rings. The largest absolute Gasteiger partial charge is 0.359 e. The molecule has 2 heterocycles. The molecule has 0 radical (unpaired) electrons. The third-order valence-electron chi connectivity index (χ3n) is 10.7. The van der Waals surface area contributed by atoms with Crippen molar-refractivity contribution in [1.29, 1.82) is 0 Å². The topological polar surface area (TPSA) is 37.3 Å².